The smallest absolute Gasteiger partial charge is 0.215 e. The molecule has 0 amide bonds. The zero-order chi connectivity index (χ0) is 13.7. The molecule has 0 fully saturated rings. The molecule has 0 aromatic carbocycles. The van der Waals surface area contributed by atoms with Crippen LogP contribution in [0, 0.1) is 0 Å². The average molecular weight is 261 g/mol. The second kappa shape index (κ2) is 6.13. The van der Waals surface area contributed by atoms with Crippen molar-refractivity contribution in [2.75, 3.05) is 18.2 Å². The third-order valence-corrected chi connectivity index (χ3v) is 2.90. The highest BCUT2D eigenvalue weighted by atomic mass is 16.5. The number of hydrogen-bond donors (Lipinski definition) is 2. The molecule has 5 heteroatoms. The van der Waals surface area contributed by atoms with E-state index in [9.17, 15) is 0 Å². The van der Waals surface area contributed by atoms with Crippen molar-refractivity contribution in [3.8, 4) is 5.88 Å². The molecule has 2 aromatic rings. The predicted molar refractivity (Wildman–Crippen MR) is 75.3 cm³/mol. The number of ether oxygens (including phenoxy) is 1. The van der Waals surface area contributed by atoms with Crippen LogP contribution in [0.5, 0.6) is 5.88 Å². The first-order valence-corrected chi connectivity index (χ1v) is 6.28. The zero-order valence-electron chi connectivity index (χ0n) is 11.2. The van der Waals surface area contributed by atoms with Gasteiger partial charge in [0.2, 0.25) is 5.88 Å². The fourth-order valence-electron chi connectivity index (χ4n) is 1.80. The van der Waals surface area contributed by atoms with Crippen molar-refractivity contribution in [3.63, 3.8) is 0 Å². The lowest BCUT2D eigenvalue weighted by molar-refractivity contribution is 0.398. The minimum Gasteiger partial charge on any atom is -0.481 e. The third kappa shape index (κ3) is 3.64. The van der Waals surface area contributed by atoms with E-state index in [4.69, 9.17) is 14.9 Å². The first-order valence-electron chi connectivity index (χ1n) is 6.28. The highest BCUT2D eigenvalue weighted by Gasteiger charge is 2.08. The van der Waals surface area contributed by atoms with Gasteiger partial charge in [0.05, 0.1) is 19.1 Å². The van der Waals surface area contributed by atoms with Crippen LogP contribution < -0.4 is 15.8 Å². The molecule has 1 unspecified atom stereocenters. The summed E-state index contributed by atoms with van der Waals surface area (Å²) in [5.74, 6) is 2.20. The number of furan rings is 1. The molecule has 0 saturated carbocycles. The summed E-state index contributed by atoms with van der Waals surface area (Å²) < 4.78 is 10.4. The number of rotatable bonds is 6. The van der Waals surface area contributed by atoms with E-state index in [2.05, 4.69) is 17.2 Å². The van der Waals surface area contributed by atoms with Gasteiger partial charge in [0.1, 0.15) is 5.76 Å². The second-order valence-electron chi connectivity index (χ2n) is 4.45. The lowest BCUT2D eigenvalue weighted by atomic mass is 10.1. The van der Waals surface area contributed by atoms with Crippen LogP contribution in [0.1, 0.15) is 19.1 Å². The van der Waals surface area contributed by atoms with Gasteiger partial charge in [-0.3, -0.25) is 0 Å². The number of pyridine rings is 1. The molecule has 5 nitrogen and oxygen atoms in total. The SMILES string of the molecule is COc1ccc(N)c(NC(C)CCc2ccco2)n1. The summed E-state index contributed by atoms with van der Waals surface area (Å²) in [6, 6.07) is 7.65. The van der Waals surface area contributed by atoms with Crippen molar-refractivity contribution in [3.05, 3.63) is 36.3 Å². The number of nitrogens with one attached hydrogen (secondary N) is 1. The number of nitrogen functional groups attached to an aromatic ring is 1. The Bertz CT molecular complexity index is 511. The predicted octanol–water partition coefficient (Wildman–Crippen LogP) is 2.70. The minimum absolute atomic E-state index is 0.243. The van der Waals surface area contributed by atoms with E-state index in [1.807, 2.05) is 12.1 Å². The molecule has 19 heavy (non-hydrogen) atoms. The lowest BCUT2D eigenvalue weighted by Crippen LogP contribution is -2.18. The maximum Gasteiger partial charge on any atom is 0.215 e. The molecule has 0 aliphatic rings. The molecule has 0 radical (unpaired) electrons. The van der Waals surface area contributed by atoms with E-state index < -0.39 is 0 Å². The zero-order valence-corrected chi connectivity index (χ0v) is 11.2. The Labute approximate surface area is 112 Å². The Morgan fingerprint density at radius 2 is 2.26 bits per heavy atom. The first kappa shape index (κ1) is 13.3. The van der Waals surface area contributed by atoms with Crippen molar-refractivity contribution >= 4 is 11.5 Å². The van der Waals surface area contributed by atoms with Crippen LogP contribution in [0.25, 0.3) is 0 Å². The number of aromatic nitrogens is 1. The van der Waals surface area contributed by atoms with Gasteiger partial charge in [-0.1, -0.05) is 0 Å². The van der Waals surface area contributed by atoms with Crippen LogP contribution in [-0.2, 0) is 6.42 Å². The monoisotopic (exact) mass is 261 g/mol. The average Bonchev–Trinajstić information content (AvgIpc) is 2.92. The van der Waals surface area contributed by atoms with Crippen molar-refractivity contribution in [2.24, 2.45) is 0 Å². The standard InChI is InChI=1S/C14H19N3O2/c1-10(5-6-11-4-3-9-19-11)16-14-12(15)7-8-13(17-14)18-2/h3-4,7-10H,5-6,15H2,1-2H3,(H,16,17). The van der Waals surface area contributed by atoms with Crippen LogP contribution >= 0.6 is 0 Å². The van der Waals surface area contributed by atoms with Crippen molar-refractivity contribution in [1.82, 2.24) is 4.98 Å². The molecular formula is C14H19N3O2. The molecular weight excluding hydrogens is 242 g/mol. The number of anilines is 2. The van der Waals surface area contributed by atoms with Crippen LogP contribution in [0.3, 0.4) is 0 Å². The largest absolute Gasteiger partial charge is 0.481 e. The minimum atomic E-state index is 0.243. The van der Waals surface area contributed by atoms with Gasteiger partial charge in [-0.05, 0) is 31.5 Å². The Morgan fingerprint density at radius 1 is 1.42 bits per heavy atom. The quantitative estimate of drug-likeness (QED) is 0.836. The third-order valence-electron chi connectivity index (χ3n) is 2.90. The van der Waals surface area contributed by atoms with Crippen LogP contribution in [0.2, 0.25) is 0 Å². The fraction of sp³-hybridized carbons (Fsp3) is 0.357. The summed E-state index contributed by atoms with van der Waals surface area (Å²) in [6.07, 6.45) is 3.51. The topological polar surface area (TPSA) is 73.3 Å². The Kier molecular flexibility index (Phi) is 4.28. The Morgan fingerprint density at radius 3 is 2.95 bits per heavy atom. The summed E-state index contributed by atoms with van der Waals surface area (Å²) >= 11 is 0. The molecule has 0 aliphatic heterocycles. The van der Waals surface area contributed by atoms with Crippen LogP contribution in [-0.4, -0.2) is 18.1 Å². The van der Waals surface area contributed by atoms with E-state index >= 15 is 0 Å². The van der Waals surface area contributed by atoms with E-state index in [0.717, 1.165) is 18.6 Å². The van der Waals surface area contributed by atoms with E-state index in [1.54, 1.807) is 25.5 Å². The summed E-state index contributed by atoms with van der Waals surface area (Å²) in [5.41, 5.74) is 6.50. The maximum atomic E-state index is 5.88. The first-order chi connectivity index (χ1) is 9.19. The molecule has 3 N–H and O–H groups in total. The van der Waals surface area contributed by atoms with Gasteiger partial charge >= 0.3 is 0 Å². The highest BCUT2D eigenvalue weighted by molar-refractivity contribution is 5.62. The summed E-state index contributed by atoms with van der Waals surface area (Å²) in [7, 11) is 1.59. The van der Waals surface area contributed by atoms with Gasteiger partial charge in [-0.2, -0.15) is 4.98 Å². The van der Waals surface area contributed by atoms with Gasteiger partial charge in [0.25, 0.3) is 0 Å². The van der Waals surface area contributed by atoms with Gasteiger partial charge in [0, 0.05) is 18.5 Å². The number of nitrogens with two attached hydrogens (primary N) is 1. The summed E-state index contributed by atoms with van der Waals surface area (Å²) in [6.45, 7) is 2.09. The maximum absolute atomic E-state index is 5.88. The van der Waals surface area contributed by atoms with E-state index in [0.29, 0.717) is 17.4 Å². The fourth-order valence-corrected chi connectivity index (χ4v) is 1.80. The molecule has 1 atom stereocenters. The van der Waals surface area contributed by atoms with Crippen LogP contribution in [0.4, 0.5) is 11.5 Å². The van der Waals surface area contributed by atoms with Crippen molar-refractivity contribution in [2.45, 2.75) is 25.8 Å². The Balaban J connectivity index is 1.92. The molecule has 0 saturated heterocycles. The number of methoxy groups -OCH3 is 1. The van der Waals surface area contributed by atoms with Gasteiger partial charge in [-0.15, -0.1) is 0 Å². The molecule has 0 spiro atoms. The molecule has 0 aliphatic carbocycles. The second-order valence-corrected chi connectivity index (χ2v) is 4.45. The molecule has 0 bridgehead atoms. The molecule has 2 heterocycles. The summed E-state index contributed by atoms with van der Waals surface area (Å²) in [4.78, 5) is 4.29. The van der Waals surface area contributed by atoms with Gasteiger partial charge in [0.15, 0.2) is 5.82 Å². The highest BCUT2D eigenvalue weighted by Crippen LogP contribution is 2.21. The Hall–Kier alpha value is -2.17. The number of nitrogens with zero attached hydrogens (tertiary/aromatic N) is 1. The molecule has 2 aromatic heterocycles. The normalized spacial score (nSPS) is 12.1. The van der Waals surface area contributed by atoms with Crippen molar-refractivity contribution in [1.29, 1.82) is 0 Å². The lowest BCUT2D eigenvalue weighted by Gasteiger charge is -2.15. The van der Waals surface area contributed by atoms with E-state index in [1.165, 1.54) is 0 Å². The van der Waals surface area contributed by atoms with E-state index in [-0.39, 0.29) is 6.04 Å². The molecule has 102 valence electrons. The summed E-state index contributed by atoms with van der Waals surface area (Å²) in [5, 5.41) is 3.29. The number of aryl methyl sites for hydroxylation is 1. The van der Waals surface area contributed by atoms with Gasteiger partial charge < -0.3 is 20.2 Å². The van der Waals surface area contributed by atoms with Crippen molar-refractivity contribution < 1.29 is 9.15 Å². The van der Waals surface area contributed by atoms with Gasteiger partial charge in [-0.25, -0.2) is 0 Å². The molecule has 2 rings (SSSR count). The van der Waals surface area contributed by atoms with Crippen LogP contribution in [0.15, 0.2) is 34.9 Å². The number of hydrogen-bond acceptors (Lipinski definition) is 5.